The molecule has 0 bridgehead atoms. The largest absolute Gasteiger partial charge is 0.480 e. The maximum Gasteiger partial charge on any atom is 0.326 e. The Morgan fingerprint density at radius 3 is 2.57 bits per heavy atom. The highest BCUT2D eigenvalue weighted by atomic mass is 32.2. The van der Waals surface area contributed by atoms with Crippen molar-refractivity contribution in [2.24, 2.45) is 5.92 Å². The molecule has 2 rings (SSSR count). The number of urea groups is 1. The van der Waals surface area contributed by atoms with Gasteiger partial charge in [0.25, 0.3) is 0 Å². The van der Waals surface area contributed by atoms with Gasteiger partial charge in [-0.1, -0.05) is 6.92 Å². The summed E-state index contributed by atoms with van der Waals surface area (Å²) in [6, 6.07) is -1.33. The third-order valence-corrected chi connectivity index (χ3v) is 6.26. The zero-order valence-corrected chi connectivity index (χ0v) is 13.1. The zero-order chi connectivity index (χ0) is 15.8. The van der Waals surface area contributed by atoms with Gasteiger partial charge in [-0.25, -0.2) is 18.0 Å². The van der Waals surface area contributed by atoms with Crippen LogP contribution in [0.25, 0.3) is 0 Å². The molecule has 7 nitrogen and oxygen atoms in total. The van der Waals surface area contributed by atoms with Gasteiger partial charge < -0.3 is 15.3 Å². The van der Waals surface area contributed by atoms with Gasteiger partial charge in [0.05, 0.1) is 17.0 Å². The monoisotopic (exact) mass is 318 g/mol. The Morgan fingerprint density at radius 2 is 2.05 bits per heavy atom. The minimum absolute atomic E-state index is 0.0581. The van der Waals surface area contributed by atoms with Crippen LogP contribution in [-0.2, 0) is 14.6 Å². The van der Waals surface area contributed by atoms with Crippen LogP contribution >= 0.6 is 0 Å². The van der Waals surface area contributed by atoms with Crippen molar-refractivity contribution in [1.82, 2.24) is 10.2 Å². The summed E-state index contributed by atoms with van der Waals surface area (Å²) in [5.41, 5.74) is -0.806. The van der Waals surface area contributed by atoms with Gasteiger partial charge in [-0.15, -0.1) is 0 Å². The Morgan fingerprint density at radius 1 is 1.38 bits per heavy atom. The summed E-state index contributed by atoms with van der Waals surface area (Å²) in [6.45, 7) is 3.90. The zero-order valence-electron chi connectivity index (χ0n) is 12.3. The number of nitrogens with one attached hydrogen (secondary N) is 1. The van der Waals surface area contributed by atoms with Gasteiger partial charge in [-0.3, -0.25) is 0 Å². The fourth-order valence-electron chi connectivity index (χ4n) is 3.23. The van der Waals surface area contributed by atoms with E-state index in [2.05, 4.69) is 5.32 Å². The summed E-state index contributed by atoms with van der Waals surface area (Å²) in [5, 5.41) is 12.0. The predicted molar refractivity (Wildman–Crippen MR) is 76.7 cm³/mol. The Kier molecular flexibility index (Phi) is 4.19. The second-order valence-electron chi connectivity index (χ2n) is 6.43. The van der Waals surface area contributed by atoms with Gasteiger partial charge in [0, 0.05) is 6.54 Å². The van der Waals surface area contributed by atoms with Gasteiger partial charge in [0.1, 0.15) is 6.04 Å². The summed E-state index contributed by atoms with van der Waals surface area (Å²) < 4.78 is 23.1. The number of carboxylic acid groups (broad SMARTS) is 1. The fourth-order valence-corrected chi connectivity index (χ4v) is 5.32. The maximum absolute atomic E-state index is 12.4. The first-order chi connectivity index (χ1) is 9.64. The number of piperidine rings is 1. The lowest BCUT2D eigenvalue weighted by Gasteiger charge is -2.39. The van der Waals surface area contributed by atoms with Crippen molar-refractivity contribution in [2.75, 3.05) is 18.1 Å². The molecule has 0 saturated carbocycles. The molecule has 0 aliphatic carbocycles. The third kappa shape index (κ3) is 3.48. The second kappa shape index (κ2) is 5.47. The molecule has 2 N–H and O–H groups in total. The Labute approximate surface area is 124 Å². The Hall–Kier alpha value is -1.31. The highest BCUT2D eigenvalue weighted by molar-refractivity contribution is 7.91. The smallest absolute Gasteiger partial charge is 0.326 e. The summed E-state index contributed by atoms with van der Waals surface area (Å²) >= 11 is 0. The number of carbonyl (C=O) groups is 2. The molecule has 2 amide bonds. The number of hydrogen-bond acceptors (Lipinski definition) is 4. The standard InChI is InChI=1S/C13H22N2O5S/c1-9-4-3-6-15(10(9)11(16)17)12(18)14-13(2)5-7-21(19,20)8-13/h9-10H,3-8H2,1-2H3,(H,14,18)(H,16,17). The van der Waals surface area contributed by atoms with Crippen LogP contribution in [0, 0.1) is 5.92 Å². The molecule has 120 valence electrons. The molecule has 2 saturated heterocycles. The molecular formula is C13H22N2O5S. The van der Waals surface area contributed by atoms with Crippen LogP contribution in [0.2, 0.25) is 0 Å². The fraction of sp³-hybridized carbons (Fsp3) is 0.846. The van der Waals surface area contributed by atoms with Crippen LogP contribution in [0.15, 0.2) is 0 Å². The van der Waals surface area contributed by atoms with E-state index in [0.717, 1.165) is 12.8 Å². The summed E-state index contributed by atoms with van der Waals surface area (Å²) in [4.78, 5) is 25.1. The summed E-state index contributed by atoms with van der Waals surface area (Å²) in [7, 11) is -3.12. The molecule has 2 aliphatic rings. The van der Waals surface area contributed by atoms with Crippen molar-refractivity contribution in [3.05, 3.63) is 0 Å². The molecule has 0 aromatic carbocycles. The molecule has 0 radical (unpaired) electrons. The topological polar surface area (TPSA) is 104 Å². The lowest BCUT2D eigenvalue weighted by atomic mass is 9.91. The molecule has 2 heterocycles. The van der Waals surface area contributed by atoms with Gasteiger partial charge >= 0.3 is 12.0 Å². The van der Waals surface area contributed by atoms with Gasteiger partial charge in [0.15, 0.2) is 9.84 Å². The molecular weight excluding hydrogens is 296 g/mol. The first-order valence-corrected chi connectivity index (χ1v) is 8.98. The number of hydrogen-bond donors (Lipinski definition) is 2. The number of sulfone groups is 1. The van der Waals surface area contributed by atoms with Crippen LogP contribution in [0.5, 0.6) is 0 Å². The molecule has 8 heteroatoms. The molecule has 3 unspecified atom stereocenters. The van der Waals surface area contributed by atoms with Crippen molar-refractivity contribution < 1.29 is 23.1 Å². The molecule has 21 heavy (non-hydrogen) atoms. The van der Waals surface area contributed by atoms with Gasteiger partial charge in [-0.05, 0) is 32.1 Å². The Balaban J connectivity index is 2.10. The number of carboxylic acids is 1. The molecule has 2 aliphatic heterocycles. The molecule has 2 fully saturated rings. The highest BCUT2D eigenvalue weighted by Crippen LogP contribution is 2.26. The molecule has 0 spiro atoms. The predicted octanol–water partition coefficient (Wildman–Crippen LogP) is 0.458. The molecule has 0 aromatic heterocycles. The van der Waals surface area contributed by atoms with Crippen LogP contribution in [0.1, 0.15) is 33.1 Å². The summed E-state index contributed by atoms with van der Waals surface area (Å²) in [5.74, 6) is -1.15. The average Bonchev–Trinajstić information content (AvgIpc) is 2.62. The second-order valence-corrected chi connectivity index (χ2v) is 8.61. The summed E-state index contributed by atoms with van der Waals surface area (Å²) in [6.07, 6.45) is 1.89. The lowest BCUT2D eigenvalue weighted by Crippen LogP contribution is -2.59. The third-order valence-electron chi connectivity index (χ3n) is 4.36. The van der Waals surface area contributed by atoms with Crippen LogP contribution < -0.4 is 5.32 Å². The number of amides is 2. The number of nitrogens with zero attached hydrogens (tertiary/aromatic N) is 1. The van der Waals surface area contributed by atoms with Crippen molar-refractivity contribution in [3.63, 3.8) is 0 Å². The van der Waals surface area contributed by atoms with Crippen LogP contribution in [-0.4, -0.2) is 60.1 Å². The Bertz CT molecular complexity index is 547. The number of likely N-dealkylation sites (tertiary alicyclic amines) is 1. The molecule has 0 aromatic rings. The van der Waals surface area contributed by atoms with Crippen molar-refractivity contribution >= 4 is 21.8 Å². The number of carbonyl (C=O) groups excluding carboxylic acids is 1. The minimum atomic E-state index is -3.12. The van der Waals surface area contributed by atoms with Crippen molar-refractivity contribution in [2.45, 2.75) is 44.7 Å². The first kappa shape index (κ1) is 16.1. The van der Waals surface area contributed by atoms with Crippen LogP contribution in [0.4, 0.5) is 4.79 Å². The van der Waals surface area contributed by atoms with E-state index in [1.807, 2.05) is 6.92 Å². The maximum atomic E-state index is 12.4. The van der Waals surface area contributed by atoms with E-state index in [0.29, 0.717) is 13.0 Å². The number of aliphatic carboxylic acids is 1. The SMILES string of the molecule is CC1CCCN(C(=O)NC2(C)CCS(=O)(=O)C2)C1C(=O)O. The van der Waals surface area contributed by atoms with Crippen molar-refractivity contribution in [1.29, 1.82) is 0 Å². The van der Waals surface area contributed by atoms with E-state index in [4.69, 9.17) is 0 Å². The minimum Gasteiger partial charge on any atom is -0.480 e. The lowest BCUT2D eigenvalue weighted by molar-refractivity contribution is -0.145. The van der Waals surface area contributed by atoms with E-state index in [1.54, 1.807) is 6.92 Å². The van der Waals surface area contributed by atoms with Gasteiger partial charge in [0.2, 0.25) is 0 Å². The quantitative estimate of drug-likeness (QED) is 0.770. The average molecular weight is 318 g/mol. The first-order valence-electron chi connectivity index (χ1n) is 7.16. The highest BCUT2D eigenvalue weighted by Gasteiger charge is 2.43. The van der Waals surface area contributed by atoms with E-state index in [1.165, 1.54) is 4.90 Å². The van der Waals surface area contributed by atoms with E-state index >= 15 is 0 Å². The molecule has 3 atom stereocenters. The van der Waals surface area contributed by atoms with Gasteiger partial charge in [-0.2, -0.15) is 0 Å². The van der Waals surface area contributed by atoms with Crippen LogP contribution in [0.3, 0.4) is 0 Å². The normalized spacial score (nSPS) is 35.4. The van der Waals surface area contributed by atoms with E-state index in [9.17, 15) is 23.1 Å². The van der Waals surface area contributed by atoms with E-state index in [-0.39, 0.29) is 17.4 Å². The number of rotatable bonds is 2. The van der Waals surface area contributed by atoms with Crippen molar-refractivity contribution in [3.8, 4) is 0 Å². The van der Waals surface area contributed by atoms with E-state index < -0.39 is 33.4 Å².